The highest BCUT2D eigenvalue weighted by Crippen LogP contribution is 2.26. The molecule has 0 heterocycles. The predicted molar refractivity (Wildman–Crippen MR) is 80.5 cm³/mol. The number of para-hydroxylation sites is 1. The number of anilines is 1. The molecule has 0 N–H and O–H groups in total. The number of hydrogen-bond acceptors (Lipinski definition) is 3. The summed E-state index contributed by atoms with van der Waals surface area (Å²) in [6.07, 6.45) is 0.994. The molecule has 0 aliphatic heterocycles. The van der Waals surface area contributed by atoms with Gasteiger partial charge in [-0.2, -0.15) is 0 Å². The van der Waals surface area contributed by atoms with Crippen LogP contribution in [0.3, 0.4) is 0 Å². The summed E-state index contributed by atoms with van der Waals surface area (Å²) in [5, 5.41) is 0.923. The molecule has 18 heavy (non-hydrogen) atoms. The van der Waals surface area contributed by atoms with Gasteiger partial charge in [-0.1, -0.05) is 35.0 Å². The maximum atomic E-state index is 12.1. The minimum Gasteiger partial charge on any atom is -0.371 e. The topological polar surface area (TPSA) is 37.4 Å². The molecule has 0 spiro atoms. The Kier molecular flexibility index (Phi) is 6.15. The Bertz CT molecular complexity index is 474. The number of nitrogens with zero attached hydrogens (tertiary/aromatic N) is 1. The molecule has 0 bridgehead atoms. The lowest BCUT2D eigenvalue weighted by molar-refractivity contribution is 0.596. The molecule has 0 aliphatic carbocycles. The summed E-state index contributed by atoms with van der Waals surface area (Å²) in [5.74, 6) is 0.139. The van der Waals surface area contributed by atoms with Gasteiger partial charge in [-0.25, -0.2) is 8.42 Å². The largest absolute Gasteiger partial charge is 0.371 e. The molecule has 1 aromatic rings. The van der Waals surface area contributed by atoms with Gasteiger partial charge in [0.25, 0.3) is 0 Å². The van der Waals surface area contributed by atoms with Crippen molar-refractivity contribution in [1.29, 1.82) is 0 Å². The highest BCUT2D eigenvalue weighted by Gasteiger charge is 2.18. The van der Waals surface area contributed by atoms with Gasteiger partial charge in [0.2, 0.25) is 0 Å². The van der Waals surface area contributed by atoms with Crippen molar-refractivity contribution >= 4 is 31.5 Å². The third kappa shape index (κ3) is 3.72. The van der Waals surface area contributed by atoms with Crippen LogP contribution in [-0.2, 0) is 9.84 Å². The SMILES string of the molecule is CCN(CCCBr)c1ccccc1S(=O)(=O)CC. The van der Waals surface area contributed by atoms with E-state index < -0.39 is 9.84 Å². The van der Waals surface area contributed by atoms with E-state index in [1.165, 1.54) is 0 Å². The summed E-state index contributed by atoms with van der Waals surface area (Å²) < 4.78 is 24.2. The van der Waals surface area contributed by atoms with Crippen molar-refractivity contribution < 1.29 is 8.42 Å². The van der Waals surface area contributed by atoms with Crippen molar-refractivity contribution in [3.8, 4) is 0 Å². The Balaban J connectivity index is 3.15. The molecule has 102 valence electrons. The molecule has 0 amide bonds. The first kappa shape index (κ1) is 15.5. The Morgan fingerprint density at radius 3 is 2.44 bits per heavy atom. The molecule has 0 saturated heterocycles. The van der Waals surface area contributed by atoms with Crippen LogP contribution in [0.1, 0.15) is 20.3 Å². The standard InChI is InChI=1S/C13H20BrNO2S/c1-3-15(11-7-10-14)12-8-5-6-9-13(12)18(16,17)4-2/h5-6,8-9H,3-4,7,10-11H2,1-2H3. The summed E-state index contributed by atoms with van der Waals surface area (Å²) in [6.45, 7) is 5.39. The second kappa shape index (κ2) is 7.14. The van der Waals surface area contributed by atoms with Gasteiger partial charge >= 0.3 is 0 Å². The Morgan fingerprint density at radius 1 is 1.22 bits per heavy atom. The van der Waals surface area contributed by atoms with Crippen LogP contribution >= 0.6 is 15.9 Å². The fourth-order valence-electron chi connectivity index (χ4n) is 1.84. The van der Waals surface area contributed by atoms with E-state index in [0.717, 1.165) is 30.5 Å². The van der Waals surface area contributed by atoms with E-state index >= 15 is 0 Å². The zero-order chi connectivity index (χ0) is 13.6. The van der Waals surface area contributed by atoms with Crippen LogP contribution in [0.4, 0.5) is 5.69 Å². The number of hydrogen-bond donors (Lipinski definition) is 0. The molecular formula is C13H20BrNO2S. The van der Waals surface area contributed by atoms with Crippen molar-refractivity contribution in [3.05, 3.63) is 24.3 Å². The minimum absolute atomic E-state index is 0.139. The Hall–Kier alpha value is -0.550. The van der Waals surface area contributed by atoms with Crippen LogP contribution in [0.15, 0.2) is 29.2 Å². The first-order valence-corrected chi connectivity index (χ1v) is 8.96. The van der Waals surface area contributed by atoms with E-state index in [-0.39, 0.29) is 5.75 Å². The van der Waals surface area contributed by atoms with Gasteiger partial charge in [0, 0.05) is 18.4 Å². The molecule has 1 aromatic carbocycles. The lowest BCUT2D eigenvalue weighted by Crippen LogP contribution is -2.26. The van der Waals surface area contributed by atoms with Gasteiger partial charge in [0.05, 0.1) is 16.3 Å². The molecule has 0 aromatic heterocycles. The molecule has 0 radical (unpaired) electrons. The maximum absolute atomic E-state index is 12.1. The Morgan fingerprint density at radius 2 is 1.89 bits per heavy atom. The Labute approximate surface area is 118 Å². The van der Waals surface area contributed by atoms with Crippen molar-refractivity contribution in [2.75, 3.05) is 29.1 Å². The van der Waals surface area contributed by atoms with E-state index in [9.17, 15) is 8.42 Å². The van der Waals surface area contributed by atoms with Gasteiger partial charge in [-0.05, 0) is 25.5 Å². The van der Waals surface area contributed by atoms with Crippen LogP contribution in [0, 0.1) is 0 Å². The molecule has 3 nitrogen and oxygen atoms in total. The number of sulfone groups is 1. The van der Waals surface area contributed by atoms with Crippen molar-refractivity contribution in [1.82, 2.24) is 0 Å². The highest BCUT2D eigenvalue weighted by atomic mass is 79.9. The van der Waals surface area contributed by atoms with Crippen LogP contribution in [-0.4, -0.2) is 32.6 Å². The zero-order valence-electron chi connectivity index (χ0n) is 10.9. The molecule has 0 atom stereocenters. The summed E-state index contributed by atoms with van der Waals surface area (Å²) in [5.41, 5.74) is 0.822. The third-order valence-electron chi connectivity index (χ3n) is 2.86. The molecule has 1 rings (SSSR count). The third-order valence-corrected chi connectivity index (χ3v) is 5.20. The number of rotatable bonds is 7. The normalized spacial score (nSPS) is 11.5. The summed E-state index contributed by atoms with van der Waals surface area (Å²) in [6, 6.07) is 7.26. The van der Waals surface area contributed by atoms with Crippen molar-refractivity contribution in [2.24, 2.45) is 0 Å². The van der Waals surface area contributed by atoms with Gasteiger partial charge < -0.3 is 4.90 Å². The van der Waals surface area contributed by atoms with Crippen molar-refractivity contribution in [3.63, 3.8) is 0 Å². The predicted octanol–water partition coefficient (Wildman–Crippen LogP) is 3.09. The smallest absolute Gasteiger partial charge is 0.180 e. The molecule has 0 unspecified atom stereocenters. The summed E-state index contributed by atoms with van der Waals surface area (Å²) in [4.78, 5) is 2.56. The first-order chi connectivity index (χ1) is 8.56. The average molecular weight is 334 g/mol. The second-order valence-corrected chi connectivity index (χ2v) is 7.03. The van der Waals surface area contributed by atoms with E-state index in [1.54, 1.807) is 19.1 Å². The van der Waals surface area contributed by atoms with Gasteiger partial charge in [-0.3, -0.25) is 0 Å². The molecule has 0 aliphatic rings. The fourth-order valence-corrected chi connectivity index (χ4v) is 3.20. The average Bonchev–Trinajstić information content (AvgIpc) is 2.40. The first-order valence-electron chi connectivity index (χ1n) is 6.19. The highest BCUT2D eigenvalue weighted by molar-refractivity contribution is 9.09. The monoisotopic (exact) mass is 333 g/mol. The lowest BCUT2D eigenvalue weighted by atomic mass is 10.2. The van der Waals surface area contributed by atoms with E-state index in [1.807, 2.05) is 19.1 Å². The number of halogens is 1. The molecule has 0 saturated carbocycles. The van der Waals surface area contributed by atoms with Crippen LogP contribution in [0.2, 0.25) is 0 Å². The quantitative estimate of drug-likeness (QED) is 0.719. The second-order valence-electron chi connectivity index (χ2n) is 3.99. The number of alkyl halides is 1. The van der Waals surface area contributed by atoms with Crippen LogP contribution < -0.4 is 4.90 Å². The van der Waals surface area contributed by atoms with E-state index in [0.29, 0.717) is 4.90 Å². The zero-order valence-corrected chi connectivity index (χ0v) is 13.3. The van der Waals surface area contributed by atoms with Gasteiger partial charge in [-0.15, -0.1) is 0 Å². The van der Waals surface area contributed by atoms with Crippen LogP contribution in [0.5, 0.6) is 0 Å². The van der Waals surface area contributed by atoms with Gasteiger partial charge in [0.15, 0.2) is 9.84 Å². The van der Waals surface area contributed by atoms with Crippen molar-refractivity contribution in [2.45, 2.75) is 25.2 Å². The molecular weight excluding hydrogens is 314 g/mol. The fraction of sp³-hybridized carbons (Fsp3) is 0.538. The summed E-state index contributed by atoms with van der Waals surface area (Å²) >= 11 is 3.41. The molecule has 0 fully saturated rings. The minimum atomic E-state index is -3.16. The summed E-state index contributed by atoms with van der Waals surface area (Å²) in [7, 11) is -3.16. The van der Waals surface area contributed by atoms with Crippen LogP contribution in [0.25, 0.3) is 0 Å². The number of benzene rings is 1. The van der Waals surface area contributed by atoms with Gasteiger partial charge in [0.1, 0.15) is 0 Å². The maximum Gasteiger partial charge on any atom is 0.180 e. The molecule has 5 heteroatoms. The van der Waals surface area contributed by atoms with E-state index in [2.05, 4.69) is 20.8 Å². The van der Waals surface area contributed by atoms with E-state index in [4.69, 9.17) is 0 Å². The lowest BCUT2D eigenvalue weighted by Gasteiger charge is -2.25.